The van der Waals surface area contributed by atoms with Crippen molar-refractivity contribution in [1.29, 1.82) is 0 Å². The van der Waals surface area contributed by atoms with Crippen molar-refractivity contribution in [3.63, 3.8) is 0 Å². The first kappa shape index (κ1) is 14.8. The van der Waals surface area contributed by atoms with Crippen molar-refractivity contribution in [2.24, 2.45) is 0 Å². The van der Waals surface area contributed by atoms with Gasteiger partial charge in [0.1, 0.15) is 11.6 Å². The van der Waals surface area contributed by atoms with E-state index in [1.54, 1.807) is 18.2 Å². The average molecular weight is 316 g/mol. The number of nitrogens with zero attached hydrogens (tertiary/aromatic N) is 2. The molecule has 0 saturated carbocycles. The molecule has 2 aromatic carbocycles. The van der Waals surface area contributed by atoms with Crippen LogP contribution in [-0.2, 0) is 4.74 Å². The lowest BCUT2D eigenvalue weighted by Crippen LogP contribution is -2.00. The highest BCUT2D eigenvalue weighted by molar-refractivity contribution is 5.90. The summed E-state index contributed by atoms with van der Waals surface area (Å²) in [5.41, 5.74) is 0.823. The van der Waals surface area contributed by atoms with Crippen LogP contribution >= 0.6 is 0 Å². The van der Waals surface area contributed by atoms with Gasteiger partial charge in [0.15, 0.2) is 0 Å². The molecule has 0 aliphatic carbocycles. The molecule has 0 bridgehead atoms. The lowest BCUT2D eigenvalue weighted by molar-refractivity contribution is 0.0601. The van der Waals surface area contributed by atoms with Crippen LogP contribution in [0.15, 0.2) is 47.0 Å². The first-order valence-electron chi connectivity index (χ1n) is 6.56. The molecule has 0 amide bonds. The molecule has 0 fully saturated rings. The lowest BCUT2D eigenvalue weighted by atomic mass is 10.1. The van der Waals surface area contributed by atoms with Gasteiger partial charge in [-0.15, -0.1) is 0 Å². The SMILES string of the molecule is COC(=O)c1cccc(-c2noc(-c3ccc(F)cc3F)n2)c1. The number of benzene rings is 2. The fourth-order valence-corrected chi connectivity index (χ4v) is 2.02. The molecule has 0 spiro atoms. The molecule has 116 valence electrons. The summed E-state index contributed by atoms with van der Waals surface area (Å²) in [6, 6.07) is 9.46. The zero-order chi connectivity index (χ0) is 16.4. The minimum atomic E-state index is -0.802. The maximum Gasteiger partial charge on any atom is 0.337 e. The molecule has 1 heterocycles. The molecule has 3 rings (SSSR count). The number of halogens is 2. The Morgan fingerprint density at radius 1 is 1.17 bits per heavy atom. The van der Waals surface area contributed by atoms with Gasteiger partial charge >= 0.3 is 5.97 Å². The number of methoxy groups -OCH3 is 1. The second-order valence-corrected chi connectivity index (χ2v) is 4.62. The van der Waals surface area contributed by atoms with Gasteiger partial charge in [-0.1, -0.05) is 17.3 Å². The Balaban J connectivity index is 1.97. The first-order valence-corrected chi connectivity index (χ1v) is 6.56. The summed E-state index contributed by atoms with van der Waals surface area (Å²) in [7, 11) is 1.28. The summed E-state index contributed by atoms with van der Waals surface area (Å²) in [6.07, 6.45) is 0. The van der Waals surface area contributed by atoms with Gasteiger partial charge in [0.25, 0.3) is 5.89 Å². The first-order chi connectivity index (χ1) is 11.1. The predicted molar refractivity (Wildman–Crippen MR) is 76.4 cm³/mol. The number of carbonyl (C=O) groups excluding carboxylic acids is 1. The zero-order valence-electron chi connectivity index (χ0n) is 11.9. The maximum absolute atomic E-state index is 13.7. The Hall–Kier alpha value is -3.09. The summed E-state index contributed by atoms with van der Waals surface area (Å²) in [5.74, 6) is -1.91. The third kappa shape index (κ3) is 2.94. The Labute approximate surface area is 129 Å². The van der Waals surface area contributed by atoms with Crippen LogP contribution in [0.3, 0.4) is 0 Å². The summed E-state index contributed by atoms with van der Waals surface area (Å²) in [4.78, 5) is 15.6. The van der Waals surface area contributed by atoms with Gasteiger partial charge in [0, 0.05) is 11.6 Å². The van der Waals surface area contributed by atoms with E-state index in [1.807, 2.05) is 0 Å². The molecule has 0 N–H and O–H groups in total. The topological polar surface area (TPSA) is 65.2 Å². The second kappa shape index (κ2) is 5.96. The van der Waals surface area contributed by atoms with E-state index in [9.17, 15) is 13.6 Å². The molecule has 7 heteroatoms. The van der Waals surface area contributed by atoms with Crippen molar-refractivity contribution in [1.82, 2.24) is 10.1 Å². The minimum absolute atomic E-state index is 0.00530. The number of ether oxygens (including phenoxy) is 1. The van der Waals surface area contributed by atoms with E-state index in [2.05, 4.69) is 14.9 Å². The van der Waals surface area contributed by atoms with E-state index in [-0.39, 0.29) is 17.3 Å². The molecule has 23 heavy (non-hydrogen) atoms. The molecule has 3 aromatic rings. The highest BCUT2D eigenvalue weighted by atomic mass is 19.1. The predicted octanol–water partition coefficient (Wildman–Crippen LogP) is 3.47. The summed E-state index contributed by atoms with van der Waals surface area (Å²) in [5, 5.41) is 3.75. The van der Waals surface area contributed by atoms with Gasteiger partial charge in [0.05, 0.1) is 18.2 Å². The molecule has 0 radical (unpaired) electrons. The summed E-state index contributed by atoms with van der Waals surface area (Å²) < 4.78 is 36.3. The van der Waals surface area contributed by atoms with Crippen molar-refractivity contribution >= 4 is 5.97 Å². The lowest BCUT2D eigenvalue weighted by Gasteiger charge is -2.00. The number of aromatic nitrogens is 2. The third-order valence-corrected chi connectivity index (χ3v) is 3.13. The Morgan fingerprint density at radius 2 is 2.00 bits per heavy atom. The van der Waals surface area contributed by atoms with Gasteiger partial charge in [-0.2, -0.15) is 4.98 Å². The Bertz CT molecular complexity index is 877. The molecule has 0 aliphatic rings. The maximum atomic E-state index is 13.7. The third-order valence-electron chi connectivity index (χ3n) is 3.13. The van der Waals surface area contributed by atoms with Crippen LogP contribution in [0.1, 0.15) is 10.4 Å². The number of esters is 1. The molecule has 0 unspecified atom stereocenters. The highest BCUT2D eigenvalue weighted by Gasteiger charge is 2.16. The summed E-state index contributed by atoms with van der Waals surface area (Å²) >= 11 is 0. The highest BCUT2D eigenvalue weighted by Crippen LogP contribution is 2.25. The van der Waals surface area contributed by atoms with Crippen LogP contribution in [0.25, 0.3) is 22.8 Å². The van der Waals surface area contributed by atoms with Crippen LogP contribution in [0.4, 0.5) is 8.78 Å². The van der Waals surface area contributed by atoms with Crippen LogP contribution < -0.4 is 0 Å². The van der Waals surface area contributed by atoms with Crippen LogP contribution in [0.5, 0.6) is 0 Å². The molecular formula is C16H10F2N2O3. The van der Waals surface area contributed by atoms with Crippen molar-refractivity contribution in [3.05, 3.63) is 59.7 Å². The smallest absolute Gasteiger partial charge is 0.337 e. The number of hydrogen-bond acceptors (Lipinski definition) is 5. The molecule has 0 saturated heterocycles. The molecule has 0 atom stereocenters. The number of hydrogen-bond donors (Lipinski definition) is 0. The largest absolute Gasteiger partial charge is 0.465 e. The van der Waals surface area contributed by atoms with Gasteiger partial charge in [-0.3, -0.25) is 0 Å². The van der Waals surface area contributed by atoms with E-state index in [4.69, 9.17) is 4.52 Å². The molecule has 0 aliphatic heterocycles. The Morgan fingerprint density at radius 3 is 2.74 bits per heavy atom. The monoisotopic (exact) mass is 316 g/mol. The quantitative estimate of drug-likeness (QED) is 0.692. The molecule has 1 aromatic heterocycles. The van der Waals surface area contributed by atoms with E-state index < -0.39 is 17.6 Å². The van der Waals surface area contributed by atoms with Crippen LogP contribution in [0, 0.1) is 11.6 Å². The van der Waals surface area contributed by atoms with Crippen molar-refractivity contribution in [3.8, 4) is 22.8 Å². The second-order valence-electron chi connectivity index (χ2n) is 4.62. The normalized spacial score (nSPS) is 10.6. The van der Waals surface area contributed by atoms with Gasteiger partial charge in [0.2, 0.25) is 5.82 Å². The molecular weight excluding hydrogens is 306 g/mol. The minimum Gasteiger partial charge on any atom is -0.465 e. The van der Waals surface area contributed by atoms with Crippen molar-refractivity contribution in [2.75, 3.05) is 7.11 Å². The van der Waals surface area contributed by atoms with Crippen LogP contribution in [0.2, 0.25) is 0 Å². The van der Waals surface area contributed by atoms with Crippen molar-refractivity contribution in [2.45, 2.75) is 0 Å². The fourth-order valence-electron chi connectivity index (χ4n) is 2.02. The van der Waals surface area contributed by atoms with E-state index in [1.165, 1.54) is 19.2 Å². The fraction of sp³-hybridized carbons (Fsp3) is 0.0625. The van der Waals surface area contributed by atoms with Gasteiger partial charge in [-0.05, 0) is 24.3 Å². The number of carbonyl (C=O) groups is 1. The van der Waals surface area contributed by atoms with Crippen LogP contribution in [-0.4, -0.2) is 23.2 Å². The van der Waals surface area contributed by atoms with Crippen molar-refractivity contribution < 1.29 is 22.8 Å². The van der Waals surface area contributed by atoms with E-state index in [0.29, 0.717) is 11.1 Å². The zero-order valence-corrected chi connectivity index (χ0v) is 11.9. The molecule has 5 nitrogen and oxygen atoms in total. The van der Waals surface area contributed by atoms with E-state index >= 15 is 0 Å². The standard InChI is InChI=1S/C16H10F2N2O3/c1-22-16(21)10-4-2-3-9(7-10)14-19-15(23-20-14)12-6-5-11(17)8-13(12)18/h2-8H,1H3. The summed E-state index contributed by atoms with van der Waals surface area (Å²) in [6.45, 7) is 0. The average Bonchev–Trinajstić information content (AvgIpc) is 3.04. The van der Waals surface area contributed by atoms with E-state index in [0.717, 1.165) is 12.1 Å². The number of rotatable bonds is 3. The van der Waals surface area contributed by atoms with Gasteiger partial charge in [-0.25, -0.2) is 13.6 Å². The van der Waals surface area contributed by atoms with Gasteiger partial charge < -0.3 is 9.26 Å². The Kier molecular flexibility index (Phi) is 3.84.